The second kappa shape index (κ2) is 11.3. The predicted molar refractivity (Wildman–Crippen MR) is 150 cm³/mol. The molecule has 0 atom stereocenters. The van der Waals surface area contributed by atoms with E-state index in [9.17, 15) is 4.79 Å². The average Bonchev–Trinajstić information content (AvgIpc) is 3.78. The molecule has 2 heterocycles. The third-order valence-corrected chi connectivity index (χ3v) is 6.84. The number of hydrogen-bond donors (Lipinski definition) is 2. The Labute approximate surface area is 230 Å². The van der Waals surface area contributed by atoms with Gasteiger partial charge in [0.15, 0.2) is 34.7 Å². The summed E-state index contributed by atoms with van der Waals surface area (Å²) < 4.78 is 40.9. The zero-order valence-corrected chi connectivity index (χ0v) is 22.5. The lowest BCUT2D eigenvalue weighted by Crippen LogP contribution is -2.09. The molecule has 1 fully saturated rings. The first kappa shape index (κ1) is 27.0. The number of nitrogens with zero attached hydrogens (tertiary/aromatic N) is 3. The highest BCUT2D eigenvalue weighted by atomic mass is 19.1. The SMILES string of the molecule is C=CC(=O)Cc1cccc(C)c1Nc1ncc2cc(-c3c(F)c(OC)cc(OC)c3F)nc(NCC3CC3)c2n1. The minimum absolute atomic E-state index is 0.0476. The molecular weight excluding hydrogens is 516 g/mol. The van der Waals surface area contributed by atoms with Gasteiger partial charge in [-0.3, -0.25) is 4.79 Å². The maximum atomic E-state index is 15.3. The fourth-order valence-electron chi connectivity index (χ4n) is 4.45. The first-order valence-corrected chi connectivity index (χ1v) is 12.9. The summed E-state index contributed by atoms with van der Waals surface area (Å²) in [5.41, 5.74) is 2.58. The Morgan fingerprint density at radius 3 is 2.50 bits per heavy atom. The van der Waals surface area contributed by atoms with E-state index in [1.165, 1.54) is 26.4 Å². The smallest absolute Gasteiger partial charge is 0.227 e. The Bertz CT molecular complexity index is 1590. The first-order valence-electron chi connectivity index (χ1n) is 12.9. The summed E-state index contributed by atoms with van der Waals surface area (Å²) in [6.45, 7) is 6.13. The van der Waals surface area contributed by atoms with Gasteiger partial charge in [0, 0.05) is 36.3 Å². The molecule has 0 radical (unpaired) electrons. The molecule has 206 valence electrons. The number of carbonyl (C=O) groups excluding carboxylic acids is 1. The van der Waals surface area contributed by atoms with Crippen LogP contribution in [0.4, 0.5) is 26.2 Å². The highest BCUT2D eigenvalue weighted by Gasteiger charge is 2.25. The van der Waals surface area contributed by atoms with Crippen LogP contribution < -0.4 is 20.1 Å². The van der Waals surface area contributed by atoms with Gasteiger partial charge < -0.3 is 20.1 Å². The Balaban J connectivity index is 1.61. The van der Waals surface area contributed by atoms with Crippen molar-refractivity contribution in [3.63, 3.8) is 0 Å². The second-order valence-electron chi connectivity index (χ2n) is 9.68. The standard InChI is InChI=1S/C30H29F2N5O3/c1-5-20(38)11-18-8-6-7-16(2)27(18)36-30-34-15-19-12-21(35-29(28(19)37-30)33-14-17-9-10-17)24-25(31)22(39-3)13-23(40-4)26(24)32/h5-8,12-13,15,17H,1,9-11,14H2,2-4H3,(H,33,35)(H,34,36,37). The second-order valence-corrected chi connectivity index (χ2v) is 9.68. The number of para-hydroxylation sites is 1. The molecule has 2 aromatic heterocycles. The van der Waals surface area contributed by atoms with Crippen LogP contribution in [0.15, 0.2) is 49.2 Å². The summed E-state index contributed by atoms with van der Waals surface area (Å²) in [5.74, 6) is -1.05. The number of anilines is 3. The van der Waals surface area contributed by atoms with Crippen molar-refractivity contribution in [3.05, 3.63) is 71.9 Å². The molecule has 2 N–H and O–H groups in total. The van der Waals surface area contributed by atoms with Crippen LogP contribution in [-0.4, -0.2) is 41.5 Å². The molecule has 10 heteroatoms. The van der Waals surface area contributed by atoms with Crippen LogP contribution in [0.2, 0.25) is 0 Å². The fraction of sp³-hybridized carbons (Fsp3) is 0.267. The Kier molecular flexibility index (Phi) is 7.59. The number of ketones is 1. The van der Waals surface area contributed by atoms with Crippen LogP contribution >= 0.6 is 0 Å². The van der Waals surface area contributed by atoms with E-state index in [2.05, 4.69) is 27.2 Å². The Morgan fingerprint density at radius 2 is 1.85 bits per heavy atom. The van der Waals surface area contributed by atoms with Gasteiger partial charge in [0.1, 0.15) is 5.52 Å². The number of allylic oxidation sites excluding steroid dienone is 1. The Morgan fingerprint density at radius 1 is 1.12 bits per heavy atom. The summed E-state index contributed by atoms with van der Waals surface area (Å²) >= 11 is 0. The van der Waals surface area contributed by atoms with E-state index in [-0.39, 0.29) is 35.0 Å². The van der Waals surface area contributed by atoms with Crippen molar-refractivity contribution < 1.29 is 23.0 Å². The van der Waals surface area contributed by atoms with Crippen LogP contribution in [0.3, 0.4) is 0 Å². The first-order chi connectivity index (χ1) is 19.3. The number of pyridine rings is 1. The summed E-state index contributed by atoms with van der Waals surface area (Å²) in [6, 6.07) is 8.35. The van der Waals surface area contributed by atoms with Gasteiger partial charge in [-0.2, -0.15) is 0 Å². The number of carbonyl (C=O) groups is 1. The van der Waals surface area contributed by atoms with Crippen molar-refractivity contribution in [1.82, 2.24) is 15.0 Å². The molecule has 1 saturated carbocycles. The van der Waals surface area contributed by atoms with Crippen molar-refractivity contribution in [2.45, 2.75) is 26.2 Å². The predicted octanol–water partition coefficient (Wildman–Crippen LogP) is 6.16. The fourth-order valence-corrected chi connectivity index (χ4v) is 4.45. The lowest BCUT2D eigenvalue weighted by Gasteiger charge is -2.16. The molecule has 0 saturated heterocycles. The number of aryl methyl sites for hydroxylation is 1. The van der Waals surface area contributed by atoms with Crippen LogP contribution in [-0.2, 0) is 11.2 Å². The van der Waals surface area contributed by atoms with Crippen molar-refractivity contribution in [2.24, 2.45) is 5.92 Å². The quantitative estimate of drug-likeness (QED) is 0.216. The number of nitrogens with one attached hydrogen (secondary N) is 2. The number of halogens is 2. The van der Waals surface area contributed by atoms with E-state index in [0.29, 0.717) is 35.1 Å². The van der Waals surface area contributed by atoms with E-state index < -0.39 is 11.6 Å². The molecule has 40 heavy (non-hydrogen) atoms. The molecule has 4 aromatic rings. The monoisotopic (exact) mass is 545 g/mol. The molecule has 1 aliphatic rings. The molecule has 0 unspecified atom stereocenters. The number of rotatable bonds is 11. The van der Waals surface area contributed by atoms with Gasteiger partial charge >= 0.3 is 0 Å². The summed E-state index contributed by atoms with van der Waals surface area (Å²) in [5, 5.41) is 7.08. The van der Waals surface area contributed by atoms with Crippen LogP contribution in [0, 0.1) is 24.5 Å². The minimum atomic E-state index is -0.888. The number of benzene rings is 2. The number of aromatic nitrogens is 3. The third kappa shape index (κ3) is 5.42. The molecule has 0 amide bonds. The van der Waals surface area contributed by atoms with Crippen molar-refractivity contribution in [3.8, 4) is 22.8 Å². The van der Waals surface area contributed by atoms with Crippen molar-refractivity contribution in [1.29, 1.82) is 0 Å². The molecule has 2 aromatic carbocycles. The molecular formula is C30H29F2N5O3. The lowest BCUT2D eigenvalue weighted by molar-refractivity contribution is -0.114. The Hall–Kier alpha value is -4.60. The normalized spacial score (nSPS) is 12.7. The third-order valence-electron chi connectivity index (χ3n) is 6.84. The summed E-state index contributed by atoms with van der Waals surface area (Å²) in [4.78, 5) is 25.8. The molecule has 1 aliphatic carbocycles. The van der Waals surface area contributed by atoms with Gasteiger partial charge in [0.2, 0.25) is 5.95 Å². The lowest BCUT2D eigenvalue weighted by atomic mass is 10.0. The molecule has 0 spiro atoms. The highest BCUT2D eigenvalue weighted by Crippen LogP contribution is 2.39. The highest BCUT2D eigenvalue weighted by molar-refractivity contribution is 5.93. The molecule has 8 nitrogen and oxygen atoms in total. The van der Waals surface area contributed by atoms with E-state index >= 15 is 8.78 Å². The van der Waals surface area contributed by atoms with E-state index in [1.807, 2.05) is 25.1 Å². The van der Waals surface area contributed by atoms with E-state index in [0.717, 1.165) is 35.7 Å². The number of fused-ring (bicyclic) bond motifs is 1. The van der Waals surface area contributed by atoms with E-state index in [4.69, 9.17) is 14.5 Å². The summed E-state index contributed by atoms with van der Waals surface area (Å²) in [6.07, 6.45) is 5.24. The molecule has 5 rings (SSSR count). The zero-order valence-electron chi connectivity index (χ0n) is 22.5. The van der Waals surface area contributed by atoms with Crippen molar-refractivity contribution in [2.75, 3.05) is 31.4 Å². The van der Waals surface area contributed by atoms with Crippen LogP contribution in [0.25, 0.3) is 22.2 Å². The zero-order chi connectivity index (χ0) is 28.4. The van der Waals surface area contributed by atoms with Gasteiger partial charge in [0.05, 0.1) is 25.5 Å². The maximum absolute atomic E-state index is 15.3. The number of ether oxygens (including phenoxy) is 2. The van der Waals surface area contributed by atoms with Gasteiger partial charge in [-0.25, -0.2) is 23.7 Å². The van der Waals surface area contributed by atoms with Gasteiger partial charge in [-0.1, -0.05) is 24.8 Å². The van der Waals surface area contributed by atoms with Crippen LogP contribution in [0.1, 0.15) is 24.0 Å². The average molecular weight is 546 g/mol. The van der Waals surface area contributed by atoms with Gasteiger partial charge in [-0.15, -0.1) is 0 Å². The summed E-state index contributed by atoms with van der Waals surface area (Å²) in [7, 11) is 2.59. The van der Waals surface area contributed by atoms with Crippen molar-refractivity contribution >= 4 is 34.1 Å². The van der Waals surface area contributed by atoms with Gasteiger partial charge in [-0.05, 0) is 49.0 Å². The van der Waals surface area contributed by atoms with E-state index in [1.54, 1.807) is 6.20 Å². The number of methoxy groups -OCH3 is 2. The number of hydrogen-bond acceptors (Lipinski definition) is 8. The maximum Gasteiger partial charge on any atom is 0.227 e. The molecule has 0 bridgehead atoms. The minimum Gasteiger partial charge on any atom is -0.494 e. The van der Waals surface area contributed by atoms with Crippen LogP contribution in [0.5, 0.6) is 11.5 Å². The topological polar surface area (TPSA) is 98.3 Å². The molecule has 0 aliphatic heterocycles. The largest absolute Gasteiger partial charge is 0.494 e. The van der Waals surface area contributed by atoms with Gasteiger partial charge in [0.25, 0.3) is 0 Å².